The quantitative estimate of drug-likeness (QED) is 0.261. The molecule has 4 rings (SSSR count). The van der Waals surface area contributed by atoms with E-state index in [1.54, 1.807) is 48.5 Å². The van der Waals surface area contributed by atoms with E-state index < -0.39 is 10.0 Å². The molecule has 0 fully saturated rings. The number of anilines is 2. The maximum Gasteiger partial charge on any atom is 0.255 e. The first-order valence-electron chi connectivity index (χ1n) is 12.6. The summed E-state index contributed by atoms with van der Waals surface area (Å²) in [6, 6.07) is 30.1. The van der Waals surface area contributed by atoms with Crippen LogP contribution in [0.3, 0.4) is 0 Å². The van der Waals surface area contributed by atoms with E-state index in [9.17, 15) is 18.0 Å². The fourth-order valence-electron chi connectivity index (χ4n) is 4.16. The Balaban J connectivity index is 1.48. The predicted molar refractivity (Wildman–Crippen MR) is 157 cm³/mol. The summed E-state index contributed by atoms with van der Waals surface area (Å²) in [5.41, 5.74) is 4.35. The van der Waals surface area contributed by atoms with Crippen LogP contribution in [0.5, 0.6) is 0 Å². The van der Waals surface area contributed by atoms with Crippen molar-refractivity contribution in [1.29, 1.82) is 0 Å². The van der Waals surface area contributed by atoms with Crippen molar-refractivity contribution in [2.24, 2.45) is 0 Å². The largest absolute Gasteiger partial charge is 0.322 e. The smallest absolute Gasteiger partial charge is 0.255 e. The Bertz CT molecular complexity index is 1570. The van der Waals surface area contributed by atoms with Crippen LogP contribution in [0.15, 0.2) is 103 Å². The van der Waals surface area contributed by atoms with Crippen molar-refractivity contribution in [3.05, 3.63) is 131 Å². The molecule has 0 saturated heterocycles. The van der Waals surface area contributed by atoms with Crippen LogP contribution in [0.4, 0.5) is 11.4 Å². The molecule has 0 aliphatic rings. The SMILES string of the molecule is CC(C)(C)c1ccc(C(=O)c2cccc(NC(=O)c3ccc(N(Cc4ccccc4)S(C)(=O)=O)cc3)c2)cc1. The van der Waals surface area contributed by atoms with Gasteiger partial charge < -0.3 is 5.32 Å². The highest BCUT2D eigenvalue weighted by atomic mass is 32.2. The van der Waals surface area contributed by atoms with E-state index in [-0.39, 0.29) is 23.7 Å². The number of rotatable bonds is 8. The summed E-state index contributed by atoms with van der Waals surface area (Å²) >= 11 is 0. The first kappa shape index (κ1) is 27.8. The van der Waals surface area contributed by atoms with Crippen LogP contribution in [0.25, 0.3) is 0 Å². The number of carbonyl (C=O) groups is 2. The van der Waals surface area contributed by atoms with E-state index in [2.05, 4.69) is 26.1 Å². The third kappa shape index (κ3) is 7.00. The number of carbonyl (C=O) groups excluding carboxylic acids is 2. The van der Waals surface area contributed by atoms with Gasteiger partial charge in [0.2, 0.25) is 10.0 Å². The first-order chi connectivity index (χ1) is 18.4. The zero-order chi connectivity index (χ0) is 28.2. The van der Waals surface area contributed by atoms with E-state index in [1.807, 2.05) is 54.6 Å². The molecule has 39 heavy (non-hydrogen) atoms. The molecule has 1 amide bonds. The second-order valence-electron chi connectivity index (χ2n) is 10.5. The number of hydrogen-bond acceptors (Lipinski definition) is 4. The van der Waals surface area contributed by atoms with Gasteiger partial charge in [0.15, 0.2) is 5.78 Å². The van der Waals surface area contributed by atoms with Crippen LogP contribution in [-0.2, 0) is 22.0 Å². The average molecular weight is 541 g/mol. The number of nitrogens with one attached hydrogen (secondary N) is 1. The van der Waals surface area contributed by atoms with Crippen molar-refractivity contribution in [1.82, 2.24) is 0 Å². The van der Waals surface area contributed by atoms with Crippen LogP contribution in [0, 0.1) is 0 Å². The van der Waals surface area contributed by atoms with Gasteiger partial charge in [-0.15, -0.1) is 0 Å². The minimum absolute atomic E-state index is 0.00501. The van der Waals surface area contributed by atoms with Gasteiger partial charge in [-0.1, -0.05) is 87.5 Å². The standard InChI is InChI=1S/C32H32N2O4S/c1-32(2,3)27-17-13-24(14-18-27)30(35)26-11-8-12-28(21-26)33-31(36)25-15-19-29(20-16-25)34(39(4,37)38)22-23-9-6-5-7-10-23/h5-21H,22H2,1-4H3,(H,33,36). The monoisotopic (exact) mass is 540 g/mol. The number of ketones is 1. The summed E-state index contributed by atoms with van der Waals surface area (Å²) in [5.74, 6) is -0.496. The van der Waals surface area contributed by atoms with Crippen molar-refractivity contribution in [2.75, 3.05) is 15.9 Å². The molecule has 0 radical (unpaired) electrons. The molecule has 1 N–H and O–H groups in total. The Morgan fingerprint density at radius 2 is 1.36 bits per heavy atom. The van der Waals surface area contributed by atoms with Gasteiger partial charge in [0, 0.05) is 22.4 Å². The van der Waals surface area contributed by atoms with Crippen molar-refractivity contribution in [2.45, 2.75) is 32.7 Å². The lowest BCUT2D eigenvalue weighted by atomic mass is 9.86. The van der Waals surface area contributed by atoms with E-state index >= 15 is 0 Å². The fraction of sp³-hybridized carbons (Fsp3) is 0.188. The zero-order valence-corrected chi connectivity index (χ0v) is 23.3. The molecule has 7 heteroatoms. The Labute approximate surface area is 230 Å². The van der Waals surface area contributed by atoms with Crippen molar-refractivity contribution in [3.8, 4) is 0 Å². The molecule has 4 aromatic rings. The topological polar surface area (TPSA) is 83.6 Å². The molecule has 0 heterocycles. The summed E-state index contributed by atoms with van der Waals surface area (Å²) in [5, 5.41) is 2.83. The Morgan fingerprint density at radius 3 is 1.95 bits per heavy atom. The summed E-state index contributed by atoms with van der Waals surface area (Å²) in [6.07, 6.45) is 1.16. The third-order valence-corrected chi connectivity index (χ3v) is 7.52. The van der Waals surface area contributed by atoms with Gasteiger partial charge in [-0.05, 0) is 52.9 Å². The highest BCUT2D eigenvalue weighted by Gasteiger charge is 2.19. The van der Waals surface area contributed by atoms with Crippen molar-refractivity contribution >= 4 is 33.1 Å². The maximum atomic E-state index is 13.1. The Hall–Kier alpha value is -4.23. The molecule has 0 aliphatic carbocycles. The van der Waals surface area contributed by atoms with Crippen LogP contribution in [-0.4, -0.2) is 26.4 Å². The molecule has 4 aromatic carbocycles. The molecule has 0 atom stereocenters. The van der Waals surface area contributed by atoms with Crippen LogP contribution >= 0.6 is 0 Å². The van der Waals surface area contributed by atoms with Gasteiger partial charge in [-0.3, -0.25) is 13.9 Å². The fourth-order valence-corrected chi connectivity index (χ4v) is 5.05. The lowest BCUT2D eigenvalue weighted by molar-refractivity contribution is 0.102. The second kappa shape index (κ2) is 11.3. The number of amides is 1. The number of sulfonamides is 1. The number of hydrogen-bond donors (Lipinski definition) is 1. The highest BCUT2D eigenvalue weighted by molar-refractivity contribution is 7.92. The van der Waals surface area contributed by atoms with Gasteiger partial charge in [0.25, 0.3) is 5.91 Å². The summed E-state index contributed by atoms with van der Waals surface area (Å²) in [7, 11) is -3.54. The summed E-state index contributed by atoms with van der Waals surface area (Å²) in [4.78, 5) is 26.0. The molecular weight excluding hydrogens is 508 g/mol. The van der Waals surface area contributed by atoms with Crippen molar-refractivity contribution in [3.63, 3.8) is 0 Å². The molecule has 0 unspecified atom stereocenters. The lowest BCUT2D eigenvalue weighted by Gasteiger charge is -2.22. The molecule has 200 valence electrons. The minimum Gasteiger partial charge on any atom is -0.322 e. The van der Waals surface area contributed by atoms with Gasteiger partial charge in [0.05, 0.1) is 18.5 Å². The van der Waals surface area contributed by atoms with E-state index in [4.69, 9.17) is 0 Å². The van der Waals surface area contributed by atoms with E-state index in [0.717, 1.165) is 17.4 Å². The first-order valence-corrected chi connectivity index (χ1v) is 14.4. The van der Waals surface area contributed by atoms with E-state index in [0.29, 0.717) is 28.1 Å². The van der Waals surface area contributed by atoms with Crippen LogP contribution in [0.1, 0.15) is 58.2 Å². The normalized spacial score (nSPS) is 11.6. The van der Waals surface area contributed by atoms with Gasteiger partial charge in [-0.25, -0.2) is 8.42 Å². The Kier molecular flexibility index (Phi) is 8.02. The number of nitrogens with zero attached hydrogens (tertiary/aromatic N) is 1. The molecule has 6 nitrogen and oxygen atoms in total. The average Bonchev–Trinajstić information content (AvgIpc) is 2.91. The number of benzene rings is 4. The van der Waals surface area contributed by atoms with Crippen LogP contribution < -0.4 is 9.62 Å². The third-order valence-electron chi connectivity index (χ3n) is 6.38. The molecule has 0 spiro atoms. The maximum absolute atomic E-state index is 13.1. The Morgan fingerprint density at radius 1 is 0.744 bits per heavy atom. The zero-order valence-electron chi connectivity index (χ0n) is 22.5. The lowest BCUT2D eigenvalue weighted by Crippen LogP contribution is -2.29. The van der Waals surface area contributed by atoms with Crippen LogP contribution in [0.2, 0.25) is 0 Å². The second-order valence-corrected chi connectivity index (χ2v) is 12.4. The predicted octanol–water partition coefficient (Wildman–Crippen LogP) is 6.43. The molecule has 0 saturated carbocycles. The molecule has 0 aliphatic heterocycles. The minimum atomic E-state index is -3.54. The van der Waals surface area contributed by atoms with Gasteiger partial charge in [-0.2, -0.15) is 0 Å². The molecule has 0 bridgehead atoms. The molecule has 0 aromatic heterocycles. The molecular formula is C32H32N2O4S. The summed E-state index contributed by atoms with van der Waals surface area (Å²) in [6.45, 7) is 6.55. The summed E-state index contributed by atoms with van der Waals surface area (Å²) < 4.78 is 26.2. The van der Waals surface area contributed by atoms with Gasteiger partial charge >= 0.3 is 0 Å². The highest BCUT2D eigenvalue weighted by Crippen LogP contribution is 2.24. The van der Waals surface area contributed by atoms with Gasteiger partial charge in [0.1, 0.15) is 0 Å². The van der Waals surface area contributed by atoms with Crippen molar-refractivity contribution < 1.29 is 18.0 Å². The van der Waals surface area contributed by atoms with E-state index in [1.165, 1.54) is 4.31 Å².